The van der Waals surface area contributed by atoms with Gasteiger partial charge in [-0.15, -0.1) is 0 Å². The monoisotopic (exact) mass is 843 g/mol. The molecule has 2 aliphatic heterocycles. The van der Waals surface area contributed by atoms with E-state index in [9.17, 15) is 30.6 Å². The minimum atomic E-state index is -0.506. The van der Waals surface area contributed by atoms with Gasteiger partial charge in [-0.3, -0.25) is 9.98 Å². The second-order valence-corrected chi connectivity index (χ2v) is 20.3. The molecule has 6 aliphatic carbocycles. The Morgan fingerprint density at radius 2 is 1.70 bits per heavy atom. The number of benzene rings is 4. The van der Waals surface area contributed by atoms with E-state index in [2.05, 4.69) is 48.0 Å². The van der Waals surface area contributed by atoms with Crippen molar-refractivity contribution in [3.8, 4) is 28.7 Å². The Hall–Kier alpha value is -5.38. The standard InChI is InChI=1S/C54H57N3O6/c58-41-18-11-31(25-44(41)61)9-16-38-39-6-1-7-42(59)46(39)49(63)48(62)40(38)17-10-30-8-15-37-32(24-30)12-13-33-26-34-27-36-5-3-21-53(36)23-22-52-20-2-4-35(52)14-19-43(60)50(52)54(53,45-28-55-29-56-45)51(34)57-47(33)37/h1,6-9,11,14-16,18-19,24-26,28,34-36,43,47,50-51,57-63H,2-5,10,12-13,17,20-23,27,29H2/t34-,35+,36+,43-,47+,50?,51-,52-,53-,54+/m1/s1. The number of fused-ring (bicyclic) bond motifs is 7. The quantitative estimate of drug-likeness (QED) is 0.0579. The van der Waals surface area contributed by atoms with E-state index >= 15 is 0 Å². The molecular weight excluding hydrogens is 787 g/mol. The van der Waals surface area contributed by atoms with Crippen LogP contribution in [0.2, 0.25) is 0 Å². The van der Waals surface area contributed by atoms with E-state index in [0.717, 1.165) is 24.1 Å². The average Bonchev–Trinajstić information content (AvgIpc) is 4.07. The molecule has 1 unspecified atom stereocenters. The van der Waals surface area contributed by atoms with Crippen molar-refractivity contribution in [2.45, 2.75) is 102 Å². The van der Waals surface area contributed by atoms with Crippen molar-refractivity contribution in [3.63, 3.8) is 0 Å². The van der Waals surface area contributed by atoms with E-state index in [1.807, 2.05) is 12.1 Å². The van der Waals surface area contributed by atoms with E-state index in [-0.39, 0.29) is 68.4 Å². The van der Waals surface area contributed by atoms with Crippen LogP contribution in [0.4, 0.5) is 0 Å². The SMILES string of the molecule is Oc1ccc(C=Cc2c(CCc3ccc4c(c3)CCC3=C[C@@H]5C[C@@H]6CCC[C@@]67CC[C@]68CCC[C@H]6C=C[C@@H](O)C8[C@@]7(C6=NCN=C6)[C@@H]5N[C@@H]34)c(O)c(O)c3c(O)cccc23)cc1O. The Labute approximate surface area is 368 Å². The van der Waals surface area contributed by atoms with E-state index in [4.69, 9.17) is 9.98 Å². The van der Waals surface area contributed by atoms with Crippen molar-refractivity contribution < 1.29 is 30.6 Å². The molecule has 9 heteroatoms. The third-order valence-corrected chi connectivity index (χ3v) is 18.0. The molecule has 324 valence electrons. The summed E-state index contributed by atoms with van der Waals surface area (Å²) in [5.41, 5.74) is 8.15. The van der Waals surface area contributed by atoms with Crippen LogP contribution in [-0.2, 0) is 19.3 Å². The highest BCUT2D eigenvalue weighted by Gasteiger charge is 2.77. The fraction of sp³-hybridized carbons (Fsp3) is 0.444. The number of hydrogen-bond donors (Lipinski definition) is 7. The number of aliphatic hydroxyl groups is 1. The highest BCUT2D eigenvalue weighted by molar-refractivity contribution is 6.34. The molecule has 0 saturated heterocycles. The number of rotatable bonds is 6. The zero-order valence-electron chi connectivity index (χ0n) is 35.7. The number of allylic oxidation sites excluding steroid dienone is 1. The molecule has 9 nitrogen and oxygen atoms in total. The molecular formula is C54H57N3O6. The van der Waals surface area contributed by atoms with E-state index in [1.165, 1.54) is 92.7 Å². The maximum absolute atomic E-state index is 12.5. The van der Waals surface area contributed by atoms with Gasteiger partial charge in [-0.05, 0) is 151 Å². The highest BCUT2D eigenvalue weighted by Crippen LogP contribution is 2.78. The lowest BCUT2D eigenvalue weighted by molar-refractivity contribution is -0.196. The van der Waals surface area contributed by atoms with Gasteiger partial charge in [-0.2, -0.15) is 0 Å². The lowest BCUT2D eigenvalue weighted by Gasteiger charge is -2.72. The number of aliphatic imine (C=N–C) groups is 2. The molecule has 4 aromatic carbocycles. The van der Waals surface area contributed by atoms with Gasteiger partial charge in [-0.25, -0.2) is 0 Å². The van der Waals surface area contributed by atoms with Gasteiger partial charge >= 0.3 is 0 Å². The maximum Gasteiger partial charge on any atom is 0.169 e. The number of aliphatic hydroxyl groups excluding tert-OH is 1. The van der Waals surface area contributed by atoms with Crippen LogP contribution >= 0.6 is 0 Å². The van der Waals surface area contributed by atoms with Crippen LogP contribution in [0.1, 0.15) is 104 Å². The molecule has 2 heterocycles. The van der Waals surface area contributed by atoms with Gasteiger partial charge in [0.25, 0.3) is 0 Å². The fourth-order valence-electron chi connectivity index (χ4n) is 15.7. The molecule has 4 aromatic rings. The molecule has 8 aliphatic rings. The summed E-state index contributed by atoms with van der Waals surface area (Å²) < 4.78 is 0. The van der Waals surface area contributed by atoms with Crippen LogP contribution in [0.25, 0.3) is 22.9 Å². The summed E-state index contributed by atoms with van der Waals surface area (Å²) in [6, 6.07) is 16.7. The summed E-state index contributed by atoms with van der Waals surface area (Å²) in [6.45, 7) is 0.486. The van der Waals surface area contributed by atoms with Crippen LogP contribution in [0.3, 0.4) is 0 Å². The number of phenols is 5. The molecule has 2 spiro atoms. The lowest BCUT2D eigenvalue weighted by atomic mass is 9.32. The van der Waals surface area contributed by atoms with Crippen LogP contribution in [0.15, 0.2) is 88.4 Å². The largest absolute Gasteiger partial charge is 0.507 e. The van der Waals surface area contributed by atoms with Crippen LogP contribution in [0.5, 0.6) is 28.7 Å². The second kappa shape index (κ2) is 14.3. The first-order valence-electron chi connectivity index (χ1n) is 23.5. The Kier molecular flexibility index (Phi) is 8.91. The Balaban J connectivity index is 0.902. The molecule has 0 amide bonds. The Morgan fingerprint density at radius 1 is 0.810 bits per heavy atom. The Morgan fingerprint density at radius 3 is 2.56 bits per heavy atom. The molecule has 0 aromatic heterocycles. The third kappa shape index (κ3) is 5.48. The first kappa shape index (κ1) is 39.2. The summed E-state index contributed by atoms with van der Waals surface area (Å²) >= 11 is 0. The van der Waals surface area contributed by atoms with Crippen molar-refractivity contribution >= 4 is 34.9 Å². The number of nitrogens with zero attached hydrogens (tertiary/aromatic N) is 2. The van der Waals surface area contributed by atoms with Crippen molar-refractivity contribution in [2.24, 2.45) is 49.9 Å². The number of aromatic hydroxyl groups is 5. The second-order valence-electron chi connectivity index (χ2n) is 20.3. The van der Waals surface area contributed by atoms with Crippen molar-refractivity contribution in [1.29, 1.82) is 0 Å². The average molecular weight is 844 g/mol. The Bertz CT molecular complexity index is 2730. The molecule has 4 fully saturated rings. The maximum atomic E-state index is 12.5. The molecule has 0 bridgehead atoms. The van der Waals surface area contributed by atoms with Gasteiger partial charge in [0.2, 0.25) is 0 Å². The first-order chi connectivity index (χ1) is 30.6. The molecule has 7 N–H and O–H groups in total. The number of aryl methyl sites for hydroxylation is 2. The van der Waals surface area contributed by atoms with Crippen LogP contribution < -0.4 is 5.32 Å². The minimum absolute atomic E-state index is 0.0774. The van der Waals surface area contributed by atoms with Crippen LogP contribution in [0, 0.1) is 39.9 Å². The zero-order chi connectivity index (χ0) is 42.8. The smallest absolute Gasteiger partial charge is 0.169 e. The zero-order valence-corrected chi connectivity index (χ0v) is 35.7. The van der Waals surface area contributed by atoms with Crippen LogP contribution in [-0.4, -0.2) is 61.4 Å². The van der Waals surface area contributed by atoms with Gasteiger partial charge in [-0.1, -0.05) is 85.2 Å². The predicted molar refractivity (Wildman–Crippen MR) is 246 cm³/mol. The van der Waals surface area contributed by atoms with Crippen molar-refractivity contribution in [3.05, 3.63) is 112 Å². The topological polar surface area (TPSA) is 158 Å². The number of nitrogens with one attached hydrogen (secondary N) is 1. The summed E-state index contributed by atoms with van der Waals surface area (Å²) in [7, 11) is 0. The van der Waals surface area contributed by atoms with Gasteiger partial charge in [0.15, 0.2) is 23.0 Å². The van der Waals surface area contributed by atoms with Gasteiger partial charge < -0.3 is 36.0 Å². The van der Waals surface area contributed by atoms with E-state index in [0.29, 0.717) is 59.3 Å². The van der Waals surface area contributed by atoms with Crippen molar-refractivity contribution in [2.75, 3.05) is 6.67 Å². The van der Waals surface area contributed by atoms with Gasteiger partial charge in [0.05, 0.1) is 23.2 Å². The summed E-state index contributed by atoms with van der Waals surface area (Å²) in [4.78, 5) is 10.1. The molecule has 10 atom stereocenters. The summed E-state index contributed by atoms with van der Waals surface area (Å²) in [5, 5.41) is 71.3. The van der Waals surface area contributed by atoms with Gasteiger partial charge in [0, 0.05) is 29.2 Å². The molecule has 0 radical (unpaired) electrons. The van der Waals surface area contributed by atoms with Gasteiger partial charge in [0.1, 0.15) is 12.4 Å². The highest BCUT2D eigenvalue weighted by atomic mass is 16.3. The number of phenolic OH excluding ortho intramolecular Hbond substituents is 5. The fourth-order valence-corrected chi connectivity index (χ4v) is 15.7. The normalized spacial score (nSPS) is 34.7. The third-order valence-electron chi connectivity index (χ3n) is 18.0. The molecule has 4 saturated carbocycles. The predicted octanol–water partition coefficient (Wildman–Crippen LogP) is 9.61. The van der Waals surface area contributed by atoms with Crippen molar-refractivity contribution in [1.82, 2.24) is 5.32 Å². The number of hydrogen-bond acceptors (Lipinski definition) is 9. The molecule has 63 heavy (non-hydrogen) atoms. The summed E-state index contributed by atoms with van der Waals surface area (Å²) in [6.07, 6.45) is 26.4. The first-order valence-corrected chi connectivity index (χ1v) is 23.5. The van der Waals surface area contributed by atoms with E-state index < -0.39 is 6.10 Å². The van der Waals surface area contributed by atoms with E-state index in [1.54, 1.807) is 18.2 Å². The summed E-state index contributed by atoms with van der Waals surface area (Å²) in [5.74, 6) is 0.399. The molecule has 12 rings (SSSR count). The minimum Gasteiger partial charge on any atom is -0.507 e. The lowest BCUT2D eigenvalue weighted by Crippen LogP contribution is -2.76.